The van der Waals surface area contributed by atoms with Crippen LogP contribution in [0, 0.1) is 11.1 Å². The molecule has 5 heteroatoms. The maximum absolute atomic E-state index is 12.4. The van der Waals surface area contributed by atoms with Gasteiger partial charge in [-0.1, -0.05) is 60.7 Å². The highest BCUT2D eigenvalue weighted by atomic mass is 16.9. The van der Waals surface area contributed by atoms with E-state index in [4.69, 9.17) is 9.57 Å². The maximum atomic E-state index is 12.4. The van der Waals surface area contributed by atoms with E-state index in [1.807, 2.05) is 60.7 Å². The Balaban J connectivity index is 1.89. The number of ether oxygens (including phenoxy) is 1. The largest absolute Gasteiger partial charge is 0.371 e. The van der Waals surface area contributed by atoms with Crippen molar-refractivity contribution in [2.24, 2.45) is 5.92 Å². The molecule has 0 radical (unpaired) electrons. The topological polar surface area (TPSA) is 61.6 Å². The monoisotopic (exact) mass is 339 g/mol. The van der Waals surface area contributed by atoms with Crippen LogP contribution in [0.2, 0.25) is 0 Å². The van der Waals surface area contributed by atoms with E-state index in [1.165, 1.54) is 6.92 Å². The van der Waals surface area contributed by atoms with Crippen molar-refractivity contribution in [1.82, 2.24) is 0 Å². The Morgan fingerprint density at radius 3 is 2.32 bits per heavy atom. The smallest absolute Gasteiger partial charge is 0.227 e. The second-order valence-corrected chi connectivity index (χ2v) is 6.19. The van der Waals surface area contributed by atoms with Crippen molar-refractivity contribution in [2.75, 3.05) is 0 Å². The molecule has 0 spiro atoms. The molecule has 25 heavy (non-hydrogen) atoms. The highest BCUT2D eigenvalue weighted by Gasteiger charge is 2.44. The van der Waals surface area contributed by atoms with E-state index in [2.05, 4.69) is 0 Å². The van der Waals surface area contributed by atoms with Crippen LogP contribution >= 0.6 is 0 Å². The second kappa shape index (κ2) is 7.49. The predicted octanol–water partition coefficient (Wildman–Crippen LogP) is 3.43. The minimum Gasteiger partial charge on any atom is -0.371 e. The van der Waals surface area contributed by atoms with Crippen LogP contribution in [0.25, 0.3) is 0 Å². The Hall–Kier alpha value is -2.66. The molecule has 0 N–H and O–H groups in total. The molecular formula is C20H21NO4. The Labute approximate surface area is 147 Å². The van der Waals surface area contributed by atoms with Gasteiger partial charge in [0, 0.05) is 11.8 Å². The summed E-state index contributed by atoms with van der Waals surface area (Å²) in [5.41, 5.74) is 2.30. The van der Waals surface area contributed by atoms with Gasteiger partial charge in [-0.2, -0.15) is 0 Å². The average Bonchev–Trinajstić information content (AvgIpc) is 2.63. The molecule has 1 aliphatic heterocycles. The van der Waals surface area contributed by atoms with Gasteiger partial charge in [0.2, 0.25) is 5.71 Å². The van der Waals surface area contributed by atoms with Crippen LogP contribution in [-0.4, -0.2) is 22.7 Å². The average molecular weight is 339 g/mol. The fourth-order valence-corrected chi connectivity index (χ4v) is 3.20. The van der Waals surface area contributed by atoms with Crippen LogP contribution in [-0.2, 0) is 21.0 Å². The lowest BCUT2D eigenvalue weighted by molar-refractivity contribution is -0.774. The van der Waals surface area contributed by atoms with Crippen molar-refractivity contribution in [3.63, 3.8) is 0 Å². The van der Waals surface area contributed by atoms with Crippen molar-refractivity contribution >= 4 is 11.5 Å². The summed E-state index contributed by atoms with van der Waals surface area (Å²) in [6, 6.07) is 19.1. The molecule has 0 amide bonds. The molecule has 5 nitrogen and oxygen atoms in total. The zero-order valence-corrected chi connectivity index (χ0v) is 14.3. The van der Waals surface area contributed by atoms with E-state index in [1.54, 1.807) is 6.92 Å². The summed E-state index contributed by atoms with van der Waals surface area (Å²) in [4.78, 5) is 18.2. The number of hydrogen-bond donors (Lipinski definition) is 0. The number of Topliss-reactive ketones (excluding diaryl/α,β-unsaturated/α-hetero) is 1. The minimum absolute atomic E-state index is 0.0700. The van der Waals surface area contributed by atoms with Crippen molar-refractivity contribution < 1.29 is 19.3 Å². The number of rotatable bonds is 5. The second-order valence-electron chi connectivity index (χ2n) is 6.19. The Morgan fingerprint density at radius 1 is 1.12 bits per heavy atom. The van der Waals surface area contributed by atoms with E-state index in [9.17, 15) is 10.0 Å². The number of ketones is 1. The molecule has 0 aliphatic carbocycles. The van der Waals surface area contributed by atoms with E-state index < -0.39 is 12.2 Å². The van der Waals surface area contributed by atoms with Gasteiger partial charge in [0.15, 0.2) is 6.29 Å². The molecule has 2 aromatic rings. The van der Waals surface area contributed by atoms with Crippen molar-refractivity contribution in [3.05, 3.63) is 77.0 Å². The molecule has 1 heterocycles. The first-order valence-electron chi connectivity index (χ1n) is 8.26. The Kier molecular flexibility index (Phi) is 5.14. The lowest BCUT2D eigenvalue weighted by atomic mass is 9.79. The van der Waals surface area contributed by atoms with Crippen LogP contribution in [0.3, 0.4) is 0 Å². The zero-order chi connectivity index (χ0) is 17.8. The molecule has 3 atom stereocenters. The van der Waals surface area contributed by atoms with Gasteiger partial charge in [0.25, 0.3) is 0 Å². The number of carbonyl (C=O) groups is 1. The normalized spacial score (nSPS) is 23.2. The standard InChI is InChI=1S/C20H21NO4/c1-14-18(17-11-7-4-8-12-17)19(15(2)22)20(25-21(14)23)24-13-16-9-5-3-6-10-16/h3-12,18-20H,13H2,1-2H3. The number of hydrogen-bond acceptors (Lipinski definition) is 4. The van der Waals surface area contributed by atoms with E-state index in [0.717, 1.165) is 11.1 Å². The number of nitrogens with zero attached hydrogens (tertiary/aromatic N) is 1. The zero-order valence-electron chi connectivity index (χ0n) is 14.3. The van der Waals surface area contributed by atoms with Crippen LogP contribution in [0.4, 0.5) is 0 Å². The summed E-state index contributed by atoms with van der Waals surface area (Å²) in [6.45, 7) is 3.47. The van der Waals surface area contributed by atoms with Gasteiger partial charge in [-0.25, -0.2) is 0 Å². The first kappa shape index (κ1) is 17.2. The Morgan fingerprint density at radius 2 is 1.72 bits per heavy atom. The van der Waals surface area contributed by atoms with E-state index in [-0.39, 0.29) is 18.3 Å². The summed E-state index contributed by atoms with van der Waals surface area (Å²) in [5.74, 6) is -1.01. The molecule has 1 aliphatic rings. The summed E-state index contributed by atoms with van der Waals surface area (Å²) < 4.78 is 5.82. The first-order valence-corrected chi connectivity index (χ1v) is 8.26. The lowest BCUT2D eigenvalue weighted by Gasteiger charge is -2.36. The van der Waals surface area contributed by atoms with Crippen LogP contribution < -0.4 is 0 Å². The van der Waals surface area contributed by atoms with Gasteiger partial charge < -0.3 is 9.57 Å². The lowest BCUT2D eigenvalue weighted by Crippen LogP contribution is -2.46. The molecule has 0 bridgehead atoms. The molecule has 0 aromatic heterocycles. The summed E-state index contributed by atoms with van der Waals surface area (Å²) in [6.07, 6.45) is -0.927. The molecule has 3 rings (SSSR count). The third-order valence-corrected chi connectivity index (χ3v) is 4.48. The fourth-order valence-electron chi connectivity index (χ4n) is 3.20. The van der Waals surface area contributed by atoms with E-state index in [0.29, 0.717) is 10.6 Å². The minimum atomic E-state index is -0.927. The van der Waals surface area contributed by atoms with Gasteiger partial charge in [-0.3, -0.25) is 10.0 Å². The molecule has 0 saturated heterocycles. The van der Waals surface area contributed by atoms with Crippen molar-refractivity contribution in [1.29, 1.82) is 0 Å². The highest BCUT2D eigenvalue weighted by Crippen LogP contribution is 2.35. The third-order valence-electron chi connectivity index (χ3n) is 4.48. The maximum Gasteiger partial charge on any atom is 0.227 e. The van der Waals surface area contributed by atoms with Crippen molar-refractivity contribution in [2.45, 2.75) is 32.7 Å². The van der Waals surface area contributed by atoms with Gasteiger partial charge in [-0.15, -0.1) is 0 Å². The summed E-state index contributed by atoms with van der Waals surface area (Å²) in [5, 5.41) is 12.2. The van der Waals surface area contributed by atoms with Gasteiger partial charge in [0.1, 0.15) is 5.78 Å². The third kappa shape index (κ3) is 3.72. The highest BCUT2D eigenvalue weighted by molar-refractivity contribution is 5.92. The fraction of sp³-hybridized carbons (Fsp3) is 0.300. The molecule has 3 unspecified atom stereocenters. The number of carbonyl (C=O) groups excluding carboxylic acids is 1. The molecule has 130 valence electrons. The van der Waals surface area contributed by atoms with Crippen LogP contribution in [0.5, 0.6) is 0 Å². The quantitative estimate of drug-likeness (QED) is 0.783. The SMILES string of the molecule is CC(=O)C1C(OCc2ccccc2)O[N+]([O-])=C(C)C1c1ccccc1. The molecular weight excluding hydrogens is 318 g/mol. The van der Waals surface area contributed by atoms with Gasteiger partial charge in [0.05, 0.1) is 18.4 Å². The summed E-state index contributed by atoms with van der Waals surface area (Å²) in [7, 11) is 0. The van der Waals surface area contributed by atoms with Crippen LogP contribution in [0.1, 0.15) is 30.9 Å². The molecule has 0 fully saturated rings. The predicted molar refractivity (Wildman–Crippen MR) is 93.8 cm³/mol. The molecule has 0 saturated carbocycles. The van der Waals surface area contributed by atoms with Crippen molar-refractivity contribution in [3.8, 4) is 0 Å². The van der Waals surface area contributed by atoms with Gasteiger partial charge in [-0.05, 0) is 18.1 Å². The van der Waals surface area contributed by atoms with Crippen LogP contribution in [0.15, 0.2) is 60.7 Å². The van der Waals surface area contributed by atoms with E-state index >= 15 is 0 Å². The summed E-state index contributed by atoms with van der Waals surface area (Å²) >= 11 is 0. The molecule has 2 aromatic carbocycles. The van der Waals surface area contributed by atoms with Gasteiger partial charge >= 0.3 is 0 Å². The number of benzene rings is 2. The Bertz CT molecular complexity index is 758. The first-order chi connectivity index (χ1) is 12.1.